The Kier molecular flexibility index (Phi) is 4.27. The fraction of sp³-hybridized carbons (Fsp3) is 0.769. The summed E-state index contributed by atoms with van der Waals surface area (Å²) in [6, 6.07) is 0.300. The van der Waals surface area contributed by atoms with Gasteiger partial charge in [-0.05, 0) is 40.8 Å². The first kappa shape index (κ1) is 14.8. The van der Waals surface area contributed by atoms with Crippen molar-refractivity contribution in [2.75, 3.05) is 44.4 Å². The molecule has 0 amide bonds. The van der Waals surface area contributed by atoms with E-state index in [4.69, 9.17) is 10.5 Å². The van der Waals surface area contributed by atoms with Gasteiger partial charge in [-0.1, -0.05) is 0 Å². The summed E-state index contributed by atoms with van der Waals surface area (Å²) < 4.78 is 5.70. The van der Waals surface area contributed by atoms with E-state index in [1.165, 1.54) is 0 Å². The normalized spacial score (nSPS) is 15.9. The molecule has 7 nitrogen and oxygen atoms in total. The van der Waals surface area contributed by atoms with Crippen molar-refractivity contribution >= 4 is 11.9 Å². The van der Waals surface area contributed by atoms with E-state index in [2.05, 4.69) is 38.6 Å². The van der Waals surface area contributed by atoms with Gasteiger partial charge in [-0.3, -0.25) is 0 Å². The van der Waals surface area contributed by atoms with Gasteiger partial charge in [0.25, 0.3) is 0 Å². The van der Waals surface area contributed by atoms with Gasteiger partial charge >= 0.3 is 6.01 Å². The largest absolute Gasteiger partial charge is 0.461 e. The molecule has 1 aliphatic heterocycles. The van der Waals surface area contributed by atoms with Crippen LogP contribution in [0.1, 0.15) is 26.7 Å². The number of hydrogen-bond acceptors (Lipinski definition) is 7. The van der Waals surface area contributed by atoms with Gasteiger partial charge < -0.3 is 20.3 Å². The molecule has 0 saturated carbocycles. The first-order valence-corrected chi connectivity index (χ1v) is 6.95. The highest BCUT2D eigenvalue weighted by molar-refractivity contribution is 5.36. The Morgan fingerprint density at radius 3 is 2.45 bits per heavy atom. The van der Waals surface area contributed by atoms with Crippen LogP contribution in [-0.4, -0.2) is 59.2 Å². The van der Waals surface area contributed by atoms with E-state index in [1.807, 2.05) is 14.1 Å². The lowest BCUT2D eigenvalue weighted by molar-refractivity contribution is 0.108. The topological polar surface area (TPSA) is 80.4 Å². The molecule has 1 aliphatic rings. The summed E-state index contributed by atoms with van der Waals surface area (Å²) in [5.41, 5.74) is 5.64. The van der Waals surface area contributed by atoms with Crippen LogP contribution in [0.3, 0.4) is 0 Å². The molecule has 0 bridgehead atoms. The minimum absolute atomic E-state index is 0.102. The van der Waals surface area contributed by atoms with Crippen LogP contribution in [0, 0.1) is 0 Å². The third-order valence-electron chi connectivity index (χ3n) is 3.77. The molecule has 1 aromatic rings. The standard InChI is InChI=1S/C13H24N6O/c1-13(2,18(3)4)9-20-12-16-10(14)15-11(17-12)19-7-5-6-8-19/h5-9H2,1-4H3,(H2,14,15,16,17). The third kappa shape index (κ3) is 3.47. The van der Waals surface area contributed by atoms with E-state index in [1.54, 1.807) is 0 Å². The van der Waals surface area contributed by atoms with Crippen LogP contribution in [0.4, 0.5) is 11.9 Å². The minimum atomic E-state index is -0.102. The number of likely N-dealkylation sites (N-methyl/N-ethyl adjacent to an activating group) is 1. The van der Waals surface area contributed by atoms with Crippen LogP contribution in [0.2, 0.25) is 0 Å². The second kappa shape index (κ2) is 5.78. The van der Waals surface area contributed by atoms with Crippen LogP contribution >= 0.6 is 0 Å². The van der Waals surface area contributed by atoms with Crippen molar-refractivity contribution in [3.05, 3.63) is 0 Å². The van der Waals surface area contributed by atoms with Crippen molar-refractivity contribution in [2.24, 2.45) is 0 Å². The summed E-state index contributed by atoms with van der Waals surface area (Å²) in [7, 11) is 4.03. The first-order valence-electron chi connectivity index (χ1n) is 6.95. The molecular formula is C13H24N6O. The van der Waals surface area contributed by atoms with E-state index in [9.17, 15) is 0 Å². The molecule has 0 spiro atoms. The molecule has 2 heterocycles. The fourth-order valence-electron chi connectivity index (χ4n) is 1.85. The predicted molar refractivity (Wildman–Crippen MR) is 78.9 cm³/mol. The molecular weight excluding hydrogens is 256 g/mol. The summed E-state index contributed by atoms with van der Waals surface area (Å²) >= 11 is 0. The maximum absolute atomic E-state index is 5.75. The number of aromatic nitrogens is 3. The highest BCUT2D eigenvalue weighted by atomic mass is 16.5. The van der Waals surface area contributed by atoms with Crippen LogP contribution < -0.4 is 15.4 Å². The van der Waals surface area contributed by atoms with E-state index >= 15 is 0 Å². The van der Waals surface area contributed by atoms with Gasteiger partial charge in [-0.2, -0.15) is 15.0 Å². The zero-order chi connectivity index (χ0) is 14.8. The Labute approximate surface area is 120 Å². The Balaban J connectivity index is 2.08. The molecule has 2 rings (SSSR count). The third-order valence-corrected chi connectivity index (χ3v) is 3.77. The number of anilines is 2. The van der Waals surface area contributed by atoms with Gasteiger partial charge in [0.1, 0.15) is 6.61 Å². The SMILES string of the molecule is CN(C)C(C)(C)COc1nc(N)nc(N2CCCC2)n1. The van der Waals surface area contributed by atoms with E-state index in [-0.39, 0.29) is 11.5 Å². The molecule has 0 unspecified atom stereocenters. The lowest BCUT2D eigenvalue weighted by Crippen LogP contribution is -2.43. The second-order valence-electron chi connectivity index (χ2n) is 5.97. The molecule has 1 saturated heterocycles. The lowest BCUT2D eigenvalue weighted by atomic mass is 10.1. The smallest absolute Gasteiger partial charge is 0.323 e. The predicted octanol–water partition coefficient (Wildman–Crippen LogP) is 0.773. The van der Waals surface area contributed by atoms with Crippen LogP contribution in [0.15, 0.2) is 0 Å². The first-order chi connectivity index (χ1) is 9.38. The summed E-state index contributed by atoms with van der Waals surface area (Å²) in [6.07, 6.45) is 2.32. The monoisotopic (exact) mass is 280 g/mol. The molecule has 112 valence electrons. The van der Waals surface area contributed by atoms with Crippen molar-refractivity contribution in [1.82, 2.24) is 19.9 Å². The van der Waals surface area contributed by atoms with Gasteiger partial charge in [0.15, 0.2) is 0 Å². The Morgan fingerprint density at radius 1 is 1.20 bits per heavy atom. The highest BCUT2D eigenvalue weighted by Crippen LogP contribution is 2.19. The molecule has 0 aromatic carbocycles. The van der Waals surface area contributed by atoms with Crippen LogP contribution in [0.5, 0.6) is 6.01 Å². The molecule has 1 aromatic heterocycles. The van der Waals surface area contributed by atoms with E-state index < -0.39 is 0 Å². The van der Waals surface area contributed by atoms with Gasteiger partial charge in [-0.25, -0.2) is 0 Å². The number of rotatable bonds is 5. The minimum Gasteiger partial charge on any atom is -0.461 e. The number of ether oxygens (including phenoxy) is 1. The van der Waals surface area contributed by atoms with Gasteiger partial charge in [0.05, 0.1) is 0 Å². The van der Waals surface area contributed by atoms with Crippen molar-refractivity contribution in [3.8, 4) is 6.01 Å². The zero-order valence-electron chi connectivity index (χ0n) is 12.8. The quantitative estimate of drug-likeness (QED) is 0.853. The molecule has 1 fully saturated rings. The molecule has 7 heteroatoms. The van der Waals surface area contributed by atoms with E-state index in [0.29, 0.717) is 18.6 Å². The van der Waals surface area contributed by atoms with E-state index in [0.717, 1.165) is 25.9 Å². The molecule has 20 heavy (non-hydrogen) atoms. The number of nitrogen functional groups attached to an aromatic ring is 1. The Bertz CT molecular complexity index is 456. The average molecular weight is 280 g/mol. The number of hydrogen-bond donors (Lipinski definition) is 1. The van der Waals surface area contributed by atoms with Crippen molar-refractivity contribution in [1.29, 1.82) is 0 Å². The summed E-state index contributed by atoms with van der Waals surface area (Å²) in [4.78, 5) is 16.8. The van der Waals surface area contributed by atoms with Crippen molar-refractivity contribution < 1.29 is 4.74 Å². The van der Waals surface area contributed by atoms with Gasteiger partial charge in [-0.15, -0.1) is 0 Å². The summed E-state index contributed by atoms with van der Waals surface area (Å²) in [6.45, 7) is 6.61. The second-order valence-corrected chi connectivity index (χ2v) is 5.97. The summed E-state index contributed by atoms with van der Waals surface area (Å²) in [5, 5.41) is 0. The van der Waals surface area contributed by atoms with Crippen LogP contribution in [-0.2, 0) is 0 Å². The highest BCUT2D eigenvalue weighted by Gasteiger charge is 2.23. The van der Waals surface area contributed by atoms with Crippen LogP contribution in [0.25, 0.3) is 0 Å². The van der Waals surface area contributed by atoms with Crippen molar-refractivity contribution in [2.45, 2.75) is 32.2 Å². The number of nitrogens with zero attached hydrogens (tertiary/aromatic N) is 5. The maximum atomic E-state index is 5.75. The zero-order valence-corrected chi connectivity index (χ0v) is 12.8. The van der Waals surface area contributed by atoms with Gasteiger partial charge in [0.2, 0.25) is 11.9 Å². The maximum Gasteiger partial charge on any atom is 0.323 e. The Morgan fingerprint density at radius 2 is 1.85 bits per heavy atom. The van der Waals surface area contributed by atoms with Gasteiger partial charge in [0, 0.05) is 18.6 Å². The molecule has 2 N–H and O–H groups in total. The molecule has 0 atom stereocenters. The molecule has 0 radical (unpaired) electrons. The lowest BCUT2D eigenvalue weighted by Gasteiger charge is -2.31. The average Bonchev–Trinajstić information content (AvgIpc) is 2.89. The van der Waals surface area contributed by atoms with Crippen molar-refractivity contribution in [3.63, 3.8) is 0 Å². The molecule has 0 aliphatic carbocycles. The fourth-order valence-corrected chi connectivity index (χ4v) is 1.85. The summed E-state index contributed by atoms with van der Waals surface area (Å²) in [5.74, 6) is 0.826. The number of nitrogens with two attached hydrogens (primary N) is 1. The Hall–Kier alpha value is -1.63.